The Morgan fingerprint density at radius 1 is 1.38 bits per heavy atom. The molecule has 0 aliphatic carbocycles. The summed E-state index contributed by atoms with van der Waals surface area (Å²) in [5.74, 6) is 2.17. The Morgan fingerprint density at radius 2 is 2.15 bits per heavy atom. The zero-order valence-corrected chi connectivity index (χ0v) is 8.10. The molecule has 2 heterocycles. The highest BCUT2D eigenvalue weighted by atomic mass is 35.5. The van der Waals surface area contributed by atoms with Crippen molar-refractivity contribution in [2.24, 2.45) is 0 Å². The number of hydrogen-bond acceptors (Lipinski definition) is 3. The minimum atomic E-state index is -0.173. The smallest absolute Gasteiger partial charge is 0.231 e. The van der Waals surface area contributed by atoms with Crippen molar-refractivity contribution in [3.05, 3.63) is 16.0 Å². The van der Waals surface area contributed by atoms with Gasteiger partial charge in [0.1, 0.15) is 5.15 Å². The van der Waals surface area contributed by atoms with Gasteiger partial charge < -0.3 is 0 Å². The van der Waals surface area contributed by atoms with E-state index >= 15 is 0 Å². The van der Waals surface area contributed by atoms with Crippen molar-refractivity contribution in [1.29, 1.82) is 5.26 Å². The second-order valence-corrected chi connectivity index (χ2v) is 3.56. The molecule has 0 spiro atoms. The van der Waals surface area contributed by atoms with Crippen molar-refractivity contribution in [3.63, 3.8) is 0 Å². The van der Waals surface area contributed by atoms with E-state index in [1.54, 1.807) is 0 Å². The highest BCUT2D eigenvalue weighted by Crippen LogP contribution is 2.21. The first kappa shape index (κ1) is 8.80. The second-order valence-electron chi connectivity index (χ2n) is 2.87. The van der Waals surface area contributed by atoms with Gasteiger partial charge in [-0.05, 0) is 24.3 Å². The molecule has 64 valence electrons. The summed E-state index contributed by atoms with van der Waals surface area (Å²) in [6, 6.07) is 0. The quantitative estimate of drug-likeness (QED) is 0.367. The highest BCUT2D eigenvalue weighted by molar-refractivity contribution is 6.81. The lowest BCUT2D eigenvalue weighted by molar-refractivity contribution is 1.10. The van der Waals surface area contributed by atoms with E-state index < -0.39 is 0 Å². The molecule has 1 aliphatic rings. The molecule has 0 N–H and O–H groups in total. The fourth-order valence-corrected chi connectivity index (χ4v) is 2.01. The van der Waals surface area contributed by atoms with Gasteiger partial charge in [-0.2, -0.15) is 0 Å². The van der Waals surface area contributed by atoms with Crippen LogP contribution in [-0.2, 0) is 6.42 Å². The molecule has 0 atom stereocenters. The molecule has 13 heavy (non-hydrogen) atoms. The largest absolute Gasteiger partial charge is 0.323 e. The zero-order valence-electron chi connectivity index (χ0n) is 6.59. The molecule has 0 bridgehead atoms. The topological polar surface area (TPSA) is 49.6 Å². The maximum Gasteiger partial charge on any atom is 0.323 e. The number of halogens is 2. The Balaban J connectivity index is 2.59. The van der Waals surface area contributed by atoms with E-state index in [0.717, 1.165) is 18.3 Å². The third kappa shape index (κ3) is 1.39. The second kappa shape index (κ2) is 3.17. The zero-order chi connectivity index (χ0) is 9.42. The van der Waals surface area contributed by atoms with Gasteiger partial charge in [-0.3, -0.25) is 0 Å². The molecule has 6 heteroatoms. The van der Waals surface area contributed by atoms with Gasteiger partial charge in [0.05, 0.1) is 0 Å². The summed E-state index contributed by atoms with van der Waals surface area (Å²) >= 11 is 11.5. The molecule has 0 amide bonds. The van der Waals surface area contributed by atoms with Crippen molar-refractivity contribution in [2.75, 3.05) is 0 Å². The van der Waals surface area contributed by atoms with E-state index in [9.17, 15) is 0 Å². The Kier molecular flexibility index (Phi) is 2.14. The summed E-state index contributed by atoms with van der Waals surface area (Å²) in [5, 5.41) is 9.30. The molecule has 3 nitrogen and oxygen atoms in total. The van der Waals surface area contributed by atoms with Crippen LogP contribution in [0.4, 0.5) is 0 Å². The molecule has 1 aliphatic heterocycles. The molecule has 0 saturated carbocycles. The lowest BCUT2D eigenvalue weighted by Gasteiger charge is -2.00. The van der Waals surface area contributed by atoms with E-state index in [1.807, 2.05) is 0 Å². The van der Waals surface area contributed by atoms with Gasteiger partial charge in [-0.15, -0.1) is 0 Å². The van der Waals surface area contributed by atoms with Gasteiger partial charge in [0.2, 0.25) is 5.28 Å². The van der Waals surface area contributed by atoms with Crippen molar-refractivity contribution in [2.45, 2.75) is 12.7 Å². The molecule has 1 aromatic rings. The monoisotopic (exact) mass is 211 g/mol. The van der Waals surface area contributed by atoms with Crippen LogP contribution < -0.4 is 5.59 Å². The van der Waals surface area contributed by atoms with Crippen molar-refractivity contribution in [3.8, 4) is 5.97 Å². The first-order chi connectivity index (χ1) is 6.22. The lowest BCUT2D eigenvalue weighted by Crippen LogP contribution is -2.28. The summed E-state index contributed by atoms with van der Waals surface area (Å²) in [5.41, 5.74) is 1.57. The van der Waals surface area contributed by atoms with Crippen molar-refractivity contribution in [1.82, 2.24) is 9.97 Å². The van der Waals surface area contributed by atoms with Crippen LogP contribution in [-0.4, -0.2) is 16.7 Å². The van der Waals surface area contributed by atoms with E-state index in [0.29, 0.717) is 10.7 Å². The average molecular weight is 212 g/mol. The number of rotatable bonds is 0. The minimum Gasteiger partial charge on any atom is -0.231 e. The van der Waals surface area contributed by atoms with Gasteiger partial charge in [0.25, 0.3) is 0 Å². The van der Waals surface area contributed by atoms with Crippen LogP contribution in [0.2, 0.25) is 16.8 Å². The number of hydrogen-bond donors (Lipinski definition) is 0. The van der Waals surface area contributed by atoms with Crippen LogP contribution in [0.3, 0.4) is 0 Å². The van der Waals surface area contributed by atoms with Gasteiger partial charge in [0, 0.05) is 17.1 Å². The molecule has 1 aromatic heterocycles. The lowest BCUT2D eigenvalue weighted by atomic mass is 9.49. The first-order valence-electron chi connectivity index (χ1n) is 3.84. The van der Waals surface area contributed by atoms with Crippen molar-refractivity contribution >= 4 is 35.5 Å². The van der Waals surface area contributed by atoms with E-state index in [1.165, 1.54) is 0 Å². The van der Waals surface area contributed by atoms with Crippen LogP contribution in [0, 0.1) is 11.2 Å². The third-order valence-corrected chi connectivity index (χ3v) is 2.61. The van der Waals surface area contributed by atoms with Gasteiger partial charge in [0.15, 0.2) is 0 Å². The number of nitrogens with zero attached hydrogens (tertiary/aromatic N) is 3. The first-order valence-corrected chi connectivity index (χ1v) is 4.59. The summed E-state index contributed by atoms with van der Waals surface area (Å²) in [6.07, 6.45) is 1.53. The Hall–Kier alpha value is -0.785. The van der Waals surface area contributed by atoms with E-state index in [4.69, 9.17) is 28.5 Å². The van der Waals surface area contributed by atoms with Gasteiger partial charge in [-0.25, -0.2) is 15.2 Å². The standard InChI is InChI=1S/C7H4BCl2N3/c9-6-4-1-2-8(3-11)5(4)12-7(10)13-6/h1-2H2. The van der Waals surface area contributed by atoms with Gasteiger partial charge in [-0.1, -0.05) is 11.6 Å². The highest BCUT2D eigenvalue weighted by Gasteiger charge is 2.31. The molecule has 0 saturated heterocycles. The van der Waals surface area contributed by atoms with Crippen LogP contribution in [0.1, 0.15) is 5.56 Å². The Bertz CT molecular complexity index is 401. The number of fused-ring (bicyclic) bond motifs is 1. The van der Waals surface area contributed by atoms with E-state index in [2.05, 4.69) is 15.9 Å². The van der Waals surface area contributed by atoms with Gasteiger partial charge >= 0.3 is 6.71 Å². The molecule has 0 radical (unpaired) electrons. The Morgan fingerprint density at radius 3 is 2.85 bits per heavy atom. The molecule has 0 fully saturated rings. The molecular weight excluding hydrogens is 208 g/mol. The predicted octanol–water partition coefficient (Wildman–Crippen LogP) is 1.10. The maximum atomic E-state index is 8.80. The summed E-state index contributed by atoms with van der Waals surface area (Å²) in [7, 11) is 0. The summed E-state index contributed by atoms with van der Waals surface area (Å²) in [4.78, 5) is 7.84. The number of aromatic nitrogens is 2. The molecule has 0 unspecified atom stereocenters. The molecular formula is C7H4BCl2N3. The number of nitriles is 1. The summed E-state index contributed by atoms with van der Waals surface area (Å²) < 4.78 is 0. The third-order valence-electron chi connectivity index (χ3n) is 2.13. The molecule has 2 rings (SSSR count). The minimum absolute atomic E-state index is 0.117. The maximum absolute atomic E-state index is 8.80. The average Bonchev–Trinajstić information content (AvgIpc) is 2.47. The van der Waals surface area contributed by atoms with Crippen LogP contribution in [0.15, 0.2) is 0 Å². The summed E-state index contributed by atoms with van der Waals surface area (Å²) in [6.45, 7) is -0.173. The SMILES string of the molecule is N#CB1CCc2c(Cl)nc(Cl)nc21. The van der Waals surface area contributed by atoms with Crippen LogP contribution >= 0.6 is 23.2 Å². The normalized spacial score (nSPS) is 14.1. The van der Waals surface area contributed by atoms with Crippen molar-refractivity contribution < 1.29 is 0 Å². The Labute approximate surface area is 85.8 Å². The fourth-order valence-electron chi connectivity index (χ4n) is 1.52. The molecule has 0 aromatic carbocycles. The van der Waals surface area contributed by atoms with E-state index in [-0.39, 0.29) is 12.0 Å². The fraction of sp³-hybridized carbons (Fsp3) is 0.286. The van der Waals surface area contributed by atoms with Crippen LogP contribution in [0.25, 0.3) is 0 Å². The van der Waals surface area contributed by atoms with Crippen LogP contribution in [0.5, 0.6) is 0 Å². The predicted molar refractivity (Wildman–Crippen MR) is 51.6 cm³/mol.